The monoisotopic (exact) mass is 204 g/mol. The van der Waals surface area contributed by atoms with Crippen molar-refractivity contribution < 1.29 is 14.3 Å². The van der Waals surface area contributed by atoms with E-state index >= 15 is 0 Å². The Bertz CT molecular complexity index is 421. The van der Waals surface area contributed by atoms with Gasteiger partial charge in [0.15, 0.2) is 5.78 Å². The van der Waals surface area contributed by atoms with Crippen molar-refractivity contribution in [2.45, 2.75) is 19.8 Å². The van der Waals surface area contributed by atoms with Gasteiger partial charge in [0.25, 0.3) is 0 Å². The highest BCUT2D eigenvalue weighted by molar-refractivity contribution is 6.01. The first kappa shape index (κ1) is 9.90. The lowest BCUT2D eigenvalue weighted by Gasteiger charge is -2.03. The summed E-state index contributed by atoms with van der Waals surface area (Å²) in [5.41, 5.74) is 2.25. The Kier molecular flexibility index (Phi) is 2.54. The lowest BCUT2D eigenvalue weighted by molar-refractivity contribution is 0.0526. The minimum absolute atomic E-state index is 0.167. The van der Waals surface area contributed by atoms with E-state index in [1.807, 2.05) is 0 Å². The molecule has 1 aliphatic rings. The molecule has 0 unspecified atom stereocenters. The number of carbonyl (C=O) groups excluding carboxylic acids is 2. The maximum atomic E-state index is 11.4. The molecule has 0 heterocycles. The molecule has 0 aromatic heterocycles. The molecule has 0 saturated heterocycles. The third-order valence-corrected chi connectivity index (χ3v) is 2.54. The second-order valence-corrected chi connectivity index (χ2v) is 3.52. The average Bonchev–Trinajstić information content (AvgIpc) is 2.60. The highest BCUT2D eigenvalue weighted by Crippen LogP contribution is 2.23. The first-order chi connectivity index (χ1) is 7.22. The third-order valence-electron chi connectivity index (χ3n) is 2.54. The van der Waals surface area contributed by atoms with E-state index in [4.69, 9.17) is 4.74 Å². The fourth-order valence-electron chi connectivity index (χ4n) is 1.80. The van der Waals surface area contributed by atoms with Gasteiger partial charge in [-0.25, -0.2) is 4.79 Å². The van der Waals surface area contributed by atoms with E-state index in [-0.39, 0.29) is 11.8 Å². The van der Waals surface area contributed by atoms with E-state index in [0.717, 1.165) is 17.5 Å². The van der Waals surface area contributed by atoms with Gasteiger partial charge in [0.05, 0.1) is 12.2 Å². The van der Waals surface area contributed by atoms with Gasteiger partial charge in [0.2, 0.25) is 0 Å². The molecule has 15 heavy (non-hydrogen) atoms. The average molecular weight is 204 g/mol. The summed E-state index contributed by atoms with van der Waals surface area (Å²) in [7, 11) is 0. The van der Waals surface area contributed by atoms with Crippen LogP contribution in [0.5, 0.6) is 0 Å². The Morgan fingerprint density at radius 2 is 2.20 bits per heavy atom. The number of ketones is 1. The normalized spacial score (nSPS) is 13.8. The Morgan fingerprint density at radius 3 is 2.93 bits per heavy atom. The second-order valence-electron chi connectivity index (χ2n) is 3.52. The van der Waals surface area contributed by atoms with Crippen molar-refractivity contribution in [3.8, 4) is 0 Å². The number of aryl methyl sites for hydroxylation is 1. The van der Waals surface area contributed by atoms with Crippen molar-refractivity contribution in [3.63, 3.8) is 0 Å². The molecular weight excluding hydrogens is 192 g/mol. The summed E-state index contributed by atoms with van der Waals surface area (Å²) >= 11 is 0. The van der Waals surface area contributed by atoms with E-state index in [0.29, 0.717) is 18.6 Å². The lowest BCUT2D eigenvalue weighted by atomic mass is 10.1. The molecule has 0 saturated carbocycles. The van der Waals surface area contributed by atoms with E-state index in [2.05, 4.69) is 0 Å². The summed E-state index contributed by atoms with van der Waals surface area (Å²) in [5.74, 6) is -0.153. The molecule has 1 aromatic rings. The molecular formula is C12H12O3. The van der Waals surface area contributed by atoms with Gasteiger partial charge >= 0.3 is 5.97 Å². The Labute approximate surface area is 88.1 Å². The zero-order valence-electron chi connectivity index (χ0n) is 8.58. The van der Waals surface area contributed by atoms with Crippen LogP contribution in [0.25, 0.3) is 0 Å². The minimum atomic E-state index is -0.320. The van der Waals surface area contributed by atoms with Crippen LogP contribution >= 0.6 is 0 Å². The smallest absolute Gasteiger partial charge is 0.338 e. The molecule has 2 rings (SSSR count). The SMILES string of the molecule is CCOC(=O)c1ccc2c(c1)CCC2=O. The summed E-state index contributed by atoms with van der Waals surface area (Å²) in [6.07, 6.45) is 1.29. The van der Waals surface area contributed by atoms with Gasteiger partial charge in [-0.05, 0) is 31.0 Å². The van der Waals surface area contributed by atoms with Crippen LogP contribution in [0.3, 0.4) is 0 Å². The standard InChI is InChI=1S/C12H12O3/c1-2-15-12(14)9-3-5-10-8(7-9)4-6-11(10)13/h3,5,7H,2,4,6H2,1H3. The molecule has 0 spiro atoms. The van der Waals surface area contributed by atoms with Crippen LogP contribution in [-0.4, -0.2) is 18.4 Å². The van der Waals surface area contributed by atoms with E-state index in [9.17, 15) is 9.59 Å². The number of Topliss-reactive ketones (excluding diaryl/α,β-unsaturated/α-hetero) is 1. The van der Waals surface area contributed by atoms with Crippen molar-refractivity contribution in [2.24, 2.45) is 0 Å². The summed E-state index contributed by atoms with van der Waals surface area (Å²) in [6.45, 7) is 2.14. The molecule has 0 amide bonds. The Hall–Kier alpha value is -1.64. The van der Waals surface area contributed by atoms with Crippen LogP contribution < -0.4 is 0 Å². The van der Waals surface area contributed by atoms with Crippen LogP contribution in [0, 0.1) is 0 Å². The first-order valence-corrected chi connectivity index (χ1v) is 5.05. The van der Waals surface area contributed by atoms with Gasteiger partial charge in [-0.2, -0.15) is 0 Å². The number of esters is 1. The van der Waals surface area contributed by atoms with Crippen LogP contribution in [0.1, 0.15) is 39.6 Å². The molecule has 0 atom stereocenters. The third kappa shape index (κ3) is 1.77. The van der Waals surface area contributed by atoms with Gasteiger partial charge in [-0.3, -0.25) is 4.79 Å². The molecule has 1 aromatic carbocycles. The molecule has 3 heteroatoms. The van der Waals surface area contributed by atoms with Gasteiger partial charge in [-0.1, -0.05) is 6.07 Å². The number of hydrogen-bond donors (Lipinski definition) is 0. The molecule has 3 nitrogen and oxygen atoms in total. The topological polar surface area (TPSA) is 43.4 Å². The van der Waals surface area contributed by atoms with Gasteiger partial charge < -0.3 is 4.74 Å². The van der Waals surface area contributed by atoms with Crippen LogP contribution in [0.2, 0.25) is 0 Å². The first-order valence-electron chi connectivity index (χ1n) is 5.05. The molecule has 0 N–H and O–H groups in total. The second kappa shape index (κ2) is 3.85. The Morgan fingerprint density at radius 1 is 1.40 bits per heavy atom. The molecule has 0 radical (unpaired) electrons. The number of ether oxygens (including phenoxy) is 1. The fourth-order valence-corrected chi connectivity index (χ4v) is 1.80. The number of carbonyl (C=O) groups is 2. The quantitative estimate of drug-likeness (QED) is 0.692. The number of hydrogen-bond acceptors (Lipinski definition) is 3. The van der Waals surface area contributed by atoms with Crippen LogP contribution in [-0.2, 0) is 11.2 Å². The molecule has 78 valence electrons. The van der Waals surface area contributed by atoms with Gasteiger partial charge in [-0.15, -0.1) is 0 Å². The number of benzene rings is 1. The predicted molar refractivity (Wildman–Crippen MR) is 55.1 cm³/mol. The highest BCUT2D eigenvalue weighted by atomic mass is 16.5. The lowest BCUT2D eigenvalue weighted by Crippen LogP contribution is -2.05. The molecule has 0 fully saturated rings. The van der Waals surface area contributed by atoms with Crippen molar-refractivity contribution >= 4 is 11.8 Å². The highest BCUT2D eigenvalue weighted by Gasteiger charge is 2.20. The van der Waals surface area contributed by atoms with Crippen LogP contribution in [0.15, 0.2) is 18.2 Å². The number of fused-ring (bicyclic) bond motifs is 1. The van der Waals surface area contributed by atoms with Crippen LogP contribution in [0.4, 0.5) is 0 Å². The van der Waals surface area contributed by atoms with Crippen molar-refractivity contribution in [1.29, 1.82) is 0 Å². The zero-order valence-corrected chi connectivity index (χ0v) is 8.58. The molecule has 0 aliphatic heterocycles. The van der Waals surface area contributed by atoms with Gasteiger partial charge in [0, 0.05) is 12.0 Å². The van der Waals surface area contributed by atoms with E-state index in [1.54, 1.807) is 25.1 Å². The maximum Gasteiger partial charge on any atom is 0.338 e. The van der Waals surface area contributed by atoms with Crippen molar-refractivity contribution in [3.05, 3.63) is 34.9 Å². The summed E-state index contributed by atoms with van der Waals surface area (Å²) in [5, 5.41) is 0. The predicted octanol–water partition coefficient (Wildman–Crippen LogP) is 1.99. The summed E-state index contributed by atoms with van der Waals surface area (Å²) < 4.78 is 4.89. The fraction of sp³-hybridized carbons (Fsp3) is 0.333. The molecule has 1 aliphatic carbocycles. The van der Waals surface area contributed by atoms with E-state index < -0.39 is 0 Å². The summed E-state index contributed by atoms with van der Waals surface area (Å²) in [4.78, 5) is 22.8. The van der Waals surface area contributed by atoms with Crippen molar-refractivity contribution in [1.82, 2.24) is 0 Å². The molecule has 0 bridgehead atoms. The van der Waals surface area contributed by atoms with E-state index in [1.165, 1.54) is 0 Å². The van der Waals surface area contributed by atoms with Crippen molar-refractivity contribution in [2.75, 3.05) is 6.61 Å². The summed E-state index contributed by atoms with van der Waals surface area (Å²) in [6, 6.07) is 5.13. The Balaban J connectivity index is 2.30. The minimum Gasteiger partial charge on any atom is -0.462 e. The zero-order chi connectivity index (χ0) is 10.8. The van der Waals surface area contributed by atoms with Gasteiger partial charge in [0.1, 0.15) is 0 Å². The number of rotatable bonds is 2. The largest absolute Gasteiger partial charge is 0.462 e. The maximum absolute atomic E-state index is 11.4.